The summed E-state index contributed by atoms with van der Waals surface area (Å²) in [5.74, 6) is 0.566. The maximum atomic E-state index is 12.7. The van der Waals surface area contributed by atoms with Crippen LogP contribution >= 0.6 is 0 Å². The molecule has 0 radical (unpaired) electrons. The molecular formula is C21H25N2O2+. The van der Waals surface area contributed by atoms with Crippen molar-refractivity contribution in [2.45, 2.75) is 19.8 Å². The van der Waals surface area contributed by atoms with Crippen molar-refractivity contribution in [2.75, 3.05) is 25.0 Å². The lowest BCUT2D eigenvalue weighted by Gasteiger charge is -2.27. The van der Waals surface area contributed by atoms with Crippen LogP contribution < -0.4 is 10.2 Å². The number of amides is 1. The number of carbonyl (C=O) groups is 2. The van der Waals surface area contributed by atoms with Crippen molar-refractivity contribution in [3.63, 3.8) is 0 Å². The number of likely N-dealkylation sites (tertiary alicyclic amines) is 1. The van der Waals surface area contributed by atoms with Crippen LogP contribution in [-0.4, -0.2) is 31.3 Å². The van der Waals surface area contributed by atoms with Gasteiger partial charge < -0.3 is 10.2 Å². The normalized spacial score (nSPS) is 20.0. The fourth-order valence-electron chi connectivity index (χ4n) is 3.51. The molecule has 0 aromatic heterocycles. The van der Waals surface area contributed by atoms with E-state index in [9.17, 15) is 9.59 Å². The molecule has 1 aliphatic rings. The summed E-state index contributed by atoms with van der Waals surface area (Å²) in [6.45, 7) is 4.78. The van der Waals surface area contributed by atoms with Crippen LogP contribution in [-0.2, 0) is 4.79 Å². The van der Waals surface area contributed by atoms with Gasteiger partial charge in [0, 0.05) is 17.0 Å². The number of rotatable bonds is 5. The van der Waals surface area contributed by atoms with E-state index in [1.165, 1.54) is 17.7 Å². The molecular weight excluding hydrogens is 312 g/mol. The Kier molecular flexibility index (Phi) is 5.61. The highest BCUT2D eigenvalue weighted by molar-refractivity contribution is 6.13. The van der Waals surface area contributed by atoms with Gasteiger partial charge in [0.2, 0.25) is 0 Å². The number of benzene rings is 2. The van der Waals surface area contributed by atoms with Crippen molar-refractivity contribution >= 4 is 17.4 Å². The number of para-hydroxylation sites is 1. The van der Waals surface area contributed by atoms with E-state index in [4.69, 9.17) is 0 Å². The molecule has 4 nitrogen and oxygen atoms in total. The highest BCUT2D eigenvalue weighted by atomic mass is 16.2. The third-order valence-corrected chi connectivity index (χ3v) is 4.76. The summed E-state index contributed by atoms with van der Waals surface area (Å²) in [7, 11) is 0. The molecule has 2 aromatic carbocycles. The standard InChI is InChI=1S/C21H24N2O2/c1-16-8-7-13-23(14-16)15-20(24)22-19-12-6-5-11-18(19)21(25)17-9-3-2-4-10-17/h2-6,9-12,16H,7-8,13-15H2,1H3,(H,22,24)/p+1/t16-/m1/s1. The van der Waals surface area contributed by atoms with Gasteiger partial charge in [0.05, 0.1) is 18.8 Å². The van der Waals surface area contributed by atoms with Crippen molar-refractivity contribution in [1.29, 1.82) is 0 Å². The Morgan fingerprint density at radius 2 is 1.80 bits per heavy atom. The molecule has 1 amide bonds. The molecule has 0 saturated carbocycles. The highest BCUT2D eigenvalue weighted by Crippen LogP contribution is 2.19. The zero-order chi connectivity index (χ0) is 17.6. The first kappa shape index (κ1) is 17.4. The molecule has 3 rings (SSSR count). The van der Waals surface area contributed by atoms with Gasteiger partial charge in [0.1, 0.15) is 0 Å². The minimum absolute atomic E-state index is 0.0302. The predicted octanol–water partition coefficient (Wildman–Crippen LogP) is 2.17. The van der Waals surface area contributed by atoms with Gasteiger partial charge in [-0.2, -0.15) is 0 Å². The summed E-state index contributed by atoms with van der Waals surface area (Å²) in [6, 6.07) is 16.4. The molecule has 2 aromatic rings. The molecule has 2 N–H and O–H groups in total. The van der Waals surface area contributed by atoms with Crippen LogP contribution in [0.5, 0.6) is 0 Å². The Hall–Kier alpha value is -2.46. The number of piperidine rings is 1. The van der Waals surface area contributed by atoms with E-state index in [2.05, 4.69) is 12.2 Å². The maximum absolute atomic E-state index is 12.7. The van der Waals surface area contributed by atoms with E-state index in [1.807, 2.05) is 30.3 Å². The van der Waals surface area contributed by atoms with Crippen molar-refractivity contribution in [3.8, 4) is 0 Å². The second-order valence-electron chi connectivity index (χ2n) is 6.92. The molecule has 1 aliphatic heterocycles. The molecule has 4 heteroatoms. The average molecular weight is 337 g/mol. The number of nitrogens with one attached hydrogen (secondary N) is 2. The van der Waals surface area contributed by atoms with Gasteiger partial charge in [-0.15, -0.1) is 0 Å². The van der Waals surface area contributed by atoms with Crippen LogP contribution in [0, 0.1) is 5.92 Å². The molecule has 1 unspecified atom stereocenters. The lowest BCUT2D eigenvalue weighted by molar-refractivity contribution is -0.900. The van der Waals surface area contributed by atoms with Crippen LogP contribution in [0.3, 0.4) is 0 Å². The monoisotopic (exact) mass is 337 g/mol. The van der Waals surface area contributed by atoms with E-state index < -0.39 is 0 Å². The number of hydrogen-bond donors (Lipinski definition) is 2. The second kappa shape index (κ2) is 8.08. The van der Waals surface area contributed by atoms with Crippen molar-refractivity contribution in [1.82, 2.24) is 0 Å². The maximum Gasteiger partial charge on any atom is 0.279 e. The Morgan fingerprint density at radius 3 is 2.56 bits per heavy atom. The fourth-order valence-corrected chi connectivity index (χ4v) is 3.51. The summed E-state index contributed by atoms with van der Waals surface area (Å²) < 4.78 is 0. The van der Waals surface area contributed by atoms with Crippen LogP contribution in [0.15, 0.2) is 54.6 Å². The number of anilines is 1. The first-order valence-electron chi connectivity index (χ1n) is 8.95. The van der Waals surface area contributed by atoms with Gasteiger partial charge in [0.25, 0.3) is 5.91 Å². The SMILES string of the molecule is C[C@@H]1CCC[NH+](CC(=O)Nc2ccccc2C(=O)c2ccccc2)C1. The minimum atomic E-state index is -0.0737. The first-order valence-corrected chi connectivity index (χ1v) is 8.95. The molecule has 0 bridgehead atoms. The van der Waals surface area contributed by atoms with Crippen molar-refractivity contribution in [2.24, 2.45) is 5.92 Å². The quantitative estimate of drug-likeness (QED) is 0.822. The Balaban J connectivity index is 1.70. The van der Waals surface area contributed by atoms with Gasteiger partial charge in [-0.1, -0.05) is 49.4 Å². The molecule has 1 fully saturated rings. The Morgan fingerprint density at radius 1 is 1.08 bits per heavy atom. The van der Waals surface area contributed by atoms with E-state index in [-0.39, 0.29) is 11.7 Å². The van der Waals surface area contributed by atoms with Gasteiger partial charge in [-0.3, -0.25) is 9.59 Å². The van der Waals surface area contributed by atoms with Gasteiger partial charge in [0.15, 0.2) is 12.3 Å². The predicted molar refractivity (Wildman–Crippen MR) is 98.9 cm³/mol. The zero-order valence-electron chi connectivity index (χ0n) is 14.6. The topological polar surface area (TPSA) is 50.6 Å². The molecule has 130 valence electrons. The molecule has 0 spiro atoms. The van der Waals surface area contributed by atoms with Crippen molar-refractivity contribution in [3.05, 3.63) is 65.7 Å². The van der Waals surface area contributed by atoms with Crippen LogP contribution in [0.1, 0.15) is 35.7 Å². The molecule has 1 heterocycles. The summed E-state index contributed by atoms with van der Waals surface area (Å²) in [5, 5.41) is 2.94. The smallest absolute Gasteiger partial charge is 0.279 e. The minimum Gasteiger partial charge on any atom is -0.327 e. The number of hydrogen-bond acceptors (Lipinski definition) is 2. The van der Waals surface area contributed by atoms with E-state index in [0.29, 0.717) is 29.3 Å². The molecule has 2 atom stereocenters. The van der Waals surface area contributed by atoms with Gasteiger partial charge >= 0.3 is 0 Å². The number of quaternary nitrogens is 1. The second-order valence-corrected chi connectivity index (χ2v) is 6.92. The zero-order valence-corrected chi connectivity index (χ0v) is 14.6. The van der Waals surface area contributed by atoms with Crippen LogP contribution in [0.2, 0.25) is 0 Å². The molecule has 25 heavy (non-hydrogen) atoms. The van der Waals surface area contributed by atoms with Gasteiger partial charge in [-0.05, 0) is 25.0 Å². The summed E-state index contributed by atoms with van der Waals surface area (Å²) >= 11 is 0. The van der Waals surface area contributed by atoms with Crippen LogP contribution in [0.4, 0.5) is 5.69 Å². The van der Waals surface area contributed by atoms with Crippen molar-refractivity contribution < 1.29 is 14.5 Å². The Labute approximate surface area is 148 Å². The number of carbonyl (C=O) groups excluding carboxylic acids is 2. The summed E-state index contributed by atoms with van der Waals surface area (Å²) in [6.07, 6.45) is 2.42. The third kappa shape index (κ3) is 4.54. The molecule has 1 saturated heterocycles. The summed E-state index contributed by atoms with van der Waals surface area (Å²) in [4.78, 5) is 26.5. The van der Waals surface area contributed by atoms with E-state index in [0.717, 1.165) is 13.1 Å². The lowest BCUT2D eigenvalue weighted by atomic mass is 10.0. The molecule has 0 aliphatic carbocycles. The largest absolute Gasteiger partial charge is 0.327 e. The highest BCUT2D eigenvalue weighted by Gasteiger charge is 2.23. The third-order valence-electron chi connectivity index (χ3n) is 4.76. The number of ketones is 1. The lowest BCUT2D eigenvalue weighted by Crippen LogP contribution is -3.14. The Bertz CT molecular complexity index is 743. The average Bonchev–Trinajstić information content (AvgIpc) is 2.62. The summed E-state index contributed by atoms with van der Waals surface area (Å²) in [5.41, 5.74) is 1.74. The van der Waals surface area contributed by atoms with Gasteiger partial charge in [-0.25, -0.2) is 0 Å². The fraction of sp³-hybridized carbons (Fsp3) is 0.333. The first-order chi connectivity index (χ1) is 12.1. The van der Waals surface area contributed by atoms with E-state index >= 15 is 0 Å². The van der Waals surface area contributed by atoms with Crippen LogP contribution in [0.25, 0.3) is 0 Å². The van der Waals surface area contributed by atoms with E-state index in [1.54, 1.807) is 24.3 Å².